The van der Waals surface area contributed by atoms with Gasteiger partial charge in [-0.05, 0) is 6.92 Å². The van der Waals surface area contributed by atoms with E-state index in [1.54, 1.807) is 0 Å². The molecule has 0 amide bonds. The number of carbonyl (C=O) groups excluding carboxylic acids is 9. The van der Waals surface area contributed by atoms with Crippen molar-refractivity contribution < 1.29 is 119 Å². The van der Waals surface area contributed by atoms with E-state index in [9.17, 15) is 43.2 Å². The molecule has 25 nitrogen and oxygen atoms in total. The highest BCUT2D eigenvalue weighted by molar-refractivity contribution is 5.70. The van der Waals surface area contributed by atoms with Gasteiger partial charge in [0, 0.05) is 62.3 Å². The van der Waals surface area contributed by atoms with Crippen LogP contribution in [0.3, 0.4) is 0 Å². The van der Waals surface area contributed by atoms with Gasteiger partial charge in [0.25, 0.3) is 0 Å². The Morgan fingerprint density at radius 1 is 0.365 bits per heavy atom. The minimum atomic E-state index is -1.80. The number of carbonyl (C=O) groups is 9. The molecule has 0 radical (unpaired) electrons. The predicted molar refractivity (Wildman–Crippen MR) is 194 cm³/mol. The summed E-state index contributed by atoms with van der Waals surface area (Å²) in [4.78, 5) is 111. The Labute approximate surface area is 359 Å². The molecule has 10 unspecified atom stereocenters. The lowest BCUT2D eigenvalue weighted by Crippen LogP contribution is -2.66. The molecule has 0 aromatic heterocycles. The minimum absolute atomic E-state index is 0.563. The first-order chi connectivity index (χ1) is 29.5. The van der Waals surface area contributed by atoms with E-state index in [0.29, 0.717) is 0 Å². The van der Waals surface area contributed by atoms with Crippen molar-refractivity contribution in [2.45, 2.75) is 168 Å². The van der Waals surface area contributed by atoms with E-state index in [1.807, 2.05) is 0 Å². The Hall–Kier alpha value is -5.05. The molecule has 63 heavy (non-hydrogen) atoms. The van der Waals surface area contributed by atoms with Gasteiger partial charge in [0.05, 0.1) is 6.61 Å². The Kier molecular flexibility index (Phi) is 18.1. The summed E-state index contributed by atoms with van der Waals surface area (Å²) in [6, 6.07) is 0. The number of ether oxygens (including phenoxy) is 16. The molecule has 4 heterocycles. The number of rotatable bonds is 16. The third kappa shape index (κ3) is 14.2. The van der Waals surface area contributed by atoms with Gasteiger partial charge in [-0.25, -0.2) is 0 Å². The lowest BCUT2D eigenvalue weighted by molar-refractivity contribution is -0.352. The minimum Gasteiger partial charge on any atom is -0.463 e. The van der Waals surface area contributed by atoms with E-state index in [0.717, 1.165) is 62.3 Å². The zero-order valence-electron chi connectivity index (χ0n) is 36.1. The molecule has 0 saturated carbocycles. The first kappa shape index (κ1) is 50.6. The van der Waals surface area contributed by atoms with E-state index < -0.39 is 172 Å². The molecule has 0 aromatic rings. The van der Waals surface area contributed by atoms with Crippen LogP contribution < -0.4 is 0 Å². The van der Waals surface area contributed by atoms with Crippen molar-refractivity contribution in [1.82, 2.24) is 0 Å². The van der Waals surface area contributed by atoms with Gasteiger partial charge < -0.3 is 75.8 Å². The van der Waals surface area contributed by atoms with Crippen LogP contribution in [0.5, 0.6) is 0 Å². The van der Waals surface area contributed by atoms with Crippen molar-refractivity contribution in [3.05, 3.63) is 0 Å². The molecule has 0 aromatic carbocycles. The van der Waals surface area contributed by atoms with Crippen LogP contribution in [0.25, 0.3) is 0 Å². The van der Waals surface area contributed by atoms with Crippen LogP contribution in [0.4, 0.5) is 0 Å². The van der Waals surface area contributed by atoms with E-state index in [1.165, 1.54) is 6.92 Å². The fraction of sp³-hybridized carbons (Fsp3) is 0.763. The Bertz CT molecular complexity index is 1700. The monoisotopic (exact) mass is 908 g/mol. The van der Waals surface area contributed by atoms with Crippen LogP contribution in [0.15, 0.2) is 0 Å². The molecular weight excluding hydrogens is 856 g/mol. The number of hydrogen-bond donors (Lipinski definition) is 0. The van der Waals surface area contributed by atoms with Crippen LogP contribution in [-0.2, 0) is 119 Å². The average molecular weight is 909 g/mol. The van der Waals surface area contributed by atoms with E-state index in [-0.39, 0.29) is 0 Å². The molecule has 16 atom stereocenters. The van der Waals surface area contributed by atoms with Crippen molar-refractivity contribution in [3.63, 3.8) is 0 Å². The summed E-state index contributed by atoms with van der Waals surface area (Å²) in [5, 5.41) is 0. The van der Waals surface area contributed by atoms with Crippen LogP contribution in [0, 0.1) is 0 Å². The maximum absolute atomic E-state index is 12.8. The van der Waals surface area contributed by atoms with Gasteiger partial charge in [0.15, 0.2) is 67.9 Å². The van der Waals surface area contributed by atoms with Gasteiger partial charge >= 0.3 is 53.7 Å². The molecule has 25 heteroatoms. The van der Waals surface area contributed by atoms with Gasteiger partial charge in [0.1, 0.15) is 43.7 Å². The van der Waals surface area contributed by atoms with E-state index in [2.05, 4.69) is 0 Å². The number of esters is 9. The maximum atomic E-state index is 12.8. The standard InChI is InChI=1S/C38H52O25/c1-14(39)48-11-24-27(51-16(3)41)30(54-19(6)44)33(56-21(8)46)36(60-24)50-13-26-29(53-18(5)43)32(35-37(61-26)59-23(10)58-35)63-38-34(57-22(9)47)31(55-20(7)45)28(52-17(4)42)25(62-38)12-49-15(2)40/h23-38H,11-13H2,1-10H3/t23?,24?,25?,26?,27-,28+,29-,30?,31?,32?,33?,34?,35?,36+,37-,38+/m1/s1. The molecule has 4 rings (SSSR count). The highest BCUT2D eigenvalue weighted by atomic mass is 16.8. The largest absolute Gasteiger partial charge is 0.463 e. The van der Waals surface area contributed by atoms with Gasteiger partial charge in [-0.1, -0.05) is 0 Å². The fourth-order valence-corrected chi connectivity index (χ4v) is 7.16. The second-order valence-electron chi connectivity index (χ2n) is 14.5. The van der Waals surface area contributed by atoms with Crippen LogP contribution in [-0.4, -0.2) is 172 Å². The van der Waals surface area contributed by atoms with E-state index in [4.69, 9.17) is 75.8 Å². The highest BCUT2D eigenvalue weighted by Gasteiger charge is 2.60. The van der Waals surface area contributed by atoms with E-state index >= 15 is 0 Å². The zero-order chi connectivity index (χ0) is 46.9. The second-order valence-corrected chi connectivity index (χ2v) is 14.5. The van der Waals surface area contributed by atoms with Crippen LogP contribution in [0.2, 0.25) is 0 Å². The lowest BCUT2D eigenvalue weighted by atomic mass is 9.96. The van der Waals surface area contributed by atoms with Crippen molar-refractivity contribution in [2.75, 3.05) is 19.8 Å². The summed E-state index contributed by atoms with van der Waals surface area (Å²) in [5.74, 6) is -7.79. The van der Waals surface area contributed by atoms with Crippen molar-refractivity contribution in [1.29, 1.82) is 0 Å². The molecule has 4 fully saturated rings. The van der Waals surface area contributed by atoms with Crippen LogP contribution >= 0.6 is 0 Å². The molecule has 4 aliphatic heterocycles. The van der Waals surface area contributed by atoms with Gasteiger partial charge in [-0.2, -0.15) is 0 Å². The molecule has 0 spiro atoms. The number of fused-ring (bicyclic) bond motifs is 1. The Morgan fingerprint density at radius 2 is 0.714 bits per heavy atom. The smallest absolute Gasteiger partial charge is 0.303 e. The third-order valence-corrected chi connectivity index (χ3v) is 9.18. The Morgan fingerprint density at radius 3 is 1.13 bits per heavy atom. The molecule has 354 valence electrons. The zero-order valence-corrected chi connectivity index (χ0v) is 36.1. The SMILES string of the molecule is CC(=O)OCC1O[C@H](OCC2O[C@H]3OC(C)OC3C(O[C@@H]3OC(COC(C)=O)[C@H](OC(C)=O)C(OC(C)=O)C3OC(C)=O)[C@@H]2OC(C)=O)C(OC(C)=O)C(OC(C)=O)[C@@H]1OC(C)=O. The Balaban J connectivity index is 1.76. The van der Waals surface area contributed by atoms with Gasteiger partial charge in [-0.3, -0.25) is 43.2 Å². The molecule has 0 N–H and O–H groups in total. The van der Waals surface area contributed by atoms with Crippen molar-refractivity contribution in [3.8, 4) is 0 Å². The summed E-state index contributed by atoms with van der Waals surface area (Å²) in [6.45, 7) is 9.18. The lowest BCUT2D eigenvalue weighted by Gasteiger charge is -2.48. The van der Waals surface area contributed by atoms with Crippen LogP contribution in [0.1, 0.15) is 69.2 Å². The summed E-state index contributed by atoms with van der Waals surface area (Å²) in [6.07, 6.45) is -24.0. The molecule has 0 bridgehead atoms. The molecular formula is C38H52O25. The predicted octanol–water partition coefficient (Wildman–Crippen LogP) is -1.03. The second kappa shape index (κ2) is 22.5. The maximum Gasteiger partial charge on any atom is 0.303 e. The first-order valence-corrected chi connectivity index (χ1v) is 19.6. The van der Waals surface area contributed by atoms with Crippen molar-refractivity contribution in [2.24, 2.45) is 0 Å². The fourth-order valence-electron chi connectivity index (χ4n) is 7.16. The third-order valence-electron chi connectivity index (χ3n) is 9.18. The molecule has 4 aliphatic rings. The topological polar surface area (TPSA) is 301 Å². The summed E-state index contributed by atoms with van der Waals surface area (Å²) in [7, 11) is 0. The van der Waals surface area contributed by atoms with Crippen molar-refractivity contribution >= 4 is 53.7 Å². The van der Waals surface area contributed by atoms with Gasteiger partial charge in [-0.15, -0.1) is 0 Å². The highest BCUT2D eigenvalue weighted by Crippen LogP contribution is 2.39. The summed E-state index contributed by atoms with van der Waals surface area (Å²) >= 11 is 0. The molecule has 4 saturated heterocycles. The summed E-state index contributed by atoms with van der Waals surface area (Å²) < 4.78 is 91.6. The quantitative estimate of drug-likeness (QED) is 0.132. The normalized spacial score (nSPS) is 34.8. The molecule has 0 aliphatic carbocycles. The summed E-state index contributed by atoms with van der Waals surface area (Å²) in [5.41, 5.74) is 0. The average Bonchev–Trinajstić information content (AvgIpc) is 3.52. The first-order valence-electron chi connectivity index (χ1n) is 19.6. The number of hydrogen-bond acceptors (Lipinski definition) is 25. The van der Waals surface area contributed by atoms with Gasteiger partial charge in [0.2, 0.25) is 0 Å².